The van der Waals surface area contributed by atoms with Crippen molar-refractivity contribution in [3.05, 3.63) is 65.1 Å². The number of carbonyl (C=O) groups is 1. The van der Waals surface area contributed by atoms with Gasteiger partial charge in [-0.25, -0.2) is 4.39 Å². The van der Waals surface area contributed by atoms with Crippen molar-refractivity contribution in [2.24, 2.45) is 0 Å². The highest BCUT2D eigenvalue weighted by Crippen LogP contribution is 2.45. The Balaban J connectivity index is 1.92. The molecule has 1 aromatic heterocycles. The molecule has 2 heterocycles. The zero-order valence-corrected chi connectivity index (χ0v) is 15.1. The Hall–Kier alpha value is -3.35. The number of carbonyl (C=O) groups excluding carboxylic acids is 1. The van der Waals surface area contributed by atoms with Crippen molar-refractivity contribution in [2.75, 3.05) is 21.3 Å². The number of H-pyrrole nitrogens is 1. The van der Waals surface area contributed by atoms with E-state index in [1.807, 2.05) is 12.1 Å². The Bertz CT molecular complexity index is 1010. The Labute approximate surface area is 155 Å². The van der Waals surface area contributed by atoms with Crippen LogP contribution in [0.1, 0.15) is 27.7 Å². The van der Waals surface area contributed by atoms with Gasteiger partial charge < -0.3 is 14.4 Å². The first kappa shape index (κ1) is 17.1. The van der Waals surface area contributed by atoms with Gasteiger partial charge in [0, 0.05) is 23.7 Å². The highest BCUT2D eigenvalue weighted by molar-refractivity contribution is 6.00. The third-order valence-corrected chi connectivity index (χ3v) is 4.85. The topological polar surface area (TPSA) is 67.5 Å². The zero-order chi connectivity index (χ0) is 19.1. The minimum absolute atomic E-state index is 0.166. The van der Waals surface area contributed by atoms with E-state index in [1.165, 1.54) is 12.1 Å². The van der Waals surface area contributed by atoms with Gasteiger partial charge in [-0.3, -0.25) is 9.89 Å². The summed E-state index contributed by atoms with van der Waals surface area (Å²) in [7, 11) is 4.90. The van der Waals surface area contributed by atoms with Gasteiger partial charge in [0.25, 0.3) is 5.91 Å². The third-order valence-electron chi connectivity index (χ3n) is 4.85. The first-order chi connectivity index (χ1) is 13.0. The fraction of sp³-hybridized carbons (Fsp3) is 0.200. The second-order valence-electron chi connectivity index (χ2n) is 6.29. The number of rotatable bonds is 4. The summed E-state index contributed by atoms with van der Waals surface area (Å²) in [5, 5.41) is 7.17. The highest BCUT2D eigenvalue weighted by atomic mass is 19.1. The molecule has 1 aliphatic rings. The quantitative estimate of drug-likeness (QED) is 0.767. The van der Waals surface area contributed by atoms with Crippen LogP contribution < -0.4 is 9.47 Å². The first-order valence-corrected chi connectivity index (χ1v) is 8.38. The number of halogens is 1. The van der Waals surface area contributed by atoms with Crippen LogP contribution in [0.3, 0.4) is 0 Å². The predicted molar refractivity (Wildman–Crippen MR) is 97.5 cm³/mol. The maximum atomic E-state index is 13.3. The summed E-state index contributed by atoms with van der Waals surface area (Å²) < 4.78 is 24.2. The van der Waals surface area contributed by atoms with Crippen LogP contribution in [0.2, 0.25) is 0 Å². The van der Waals surface area contributed by atoms with E-state index >= 15 is 0 Å². The molecule has 1 aliphatic heterocycles. The van der Waals surface area contributed by atoms with Gasteiger partial charge in [0.1, 0.15) is 23.0 Å². The number of ether oxygens (including phenoxy) is 2. The van der Waals surface area contributed by atoms with E-state index in [2.05, 4.69) is 10.2 Å². The molecule has 4 rings (SSSR count). The molecule has 1 atom stereocenters. The zero-order valence-electron chi connectivity index (χ0n) is 15.1. The molecule has 1 N–H and O–H groups in total. The molecule has 0 radical (unpaired) electrons. The lowest BCUT2D eigenvalue weighted by Crippen LogP contribution is -2.25. The van der Waals surface area contributed by atoms with Gasteiger partial charge in [0.05, 0.1) is 26.0 Å². The smallest absolute Gasteiger partial charge is 0.272 e. The normalized spacial score (nSPS) is 15.8. The molecule has 0 unspecified atom stereocenters. The van der Waals surface area contributed by atoms with Gasteiger partial charge >= 0.3 is 0 Å². The number of nitrogens with one attached hydrogen (secondary N) is 1. The predicted octanol–water partition coefficient (Wildman–Crippen LogP) is 3.41. The Kier molecular flexibility index (Phi) is 4.07. The molecule has 7 heteroatoms. The number of benzene rings is 2. The van der Waals surface area contributed by atoms with E-state index in [4.69, 9.17) is 9.47 Å². The van der Waals surface area contributed by atoms with Crippen LogP contribution in [0, 0.1) is 5.82 Å². The summed E-state index contributed by atoms with van der Waals surface area (Å²) in [4.78, 5) is 14.4. The Morgan fingerprint density at radius 1 is 1.11 bits per heavy atom. The summed E-state index contributed by atoms with van der Waals surface area (Å²) >= 11 is 0. The van der Waals surface area contributed by atoms with Gasteiger partial charge in [0.15, 0.2) is 0 Å². The van der Waals surface area contributed by atoms with Crippen LogP contribution >= 0.6 is 0 Å². The number of methoxy groups -OCH3 is 2. The molecule has 0 saturated heterocycles. The van der Waals surface area contributed by atoms with Crippen LogP contribution in [0.4, 0.5) is 4.39 Å². The number of amides is 1. The third kappa shape index (κ3) is 2.63. The van der Waals surface area contributed by atoms with Crippen molar-refractivity contribution in [3.63, 3.8) is 0 Å². The summed E-state index contributed by atoms with van der Waals surface area (Å²) in [6.45, 7) is 0. The van der Waals surface area contributed by atoms with Crippen molar-refractivity contribution in [1.29, 1.82) is 0 Å². The largest absolute Gasteiger partial charge is 0.497 e. The van der Waals surface area contributed by atoms with Crippen LogP contribution in [-0.2, 0) is 0 Å². The second kappa shape index (κ2) is 6.42. The maximum Gasteiger partial charge on any atom is 0.272 e. The Morgan fingerprint density at radius 3 is 2.52 bits per heavy atom. The van der Waals surface area contributed by atoms with Crippen molar-refractivity contribution < 1.29 is 18.7 Å². The van der Waals surface area contributed by atoms with Gasteiger partial charge in [0.2, 0.25) is 0 Å². The average molecular weight is 367 g/mol. The summed E-state index contributed by atoms with van der Waals surface area (Å²) in [5.74, 6) is 0.803. The minimum Gasteiger partial charge on any atom is -0.497 e. The fourth-order valence-corrected chi connectivity index (χ4v) is 3.51. The molecule has 138 valence electrons. The number of nitrogens with zero attached hydrogens (tertiary/aromatic N) is 2. The van der Waals surface area contributed by atoms with Crippen LogP contribution in [0.15, 0.2) is 42.5 Å². The van der Waals surface area contributed by atoms with Crippen molar-refractivity contribution in [2.45, 2.75) is 6.04 Å². The van der Waals surface area contributed by atoms with Crippen molar-refractivity contribution >= 4 is 5.91 Å². The molecular formula is C20H18FN3O3. The number of aromatic amines is 1. The summed E-state index contributed by atoms with van der Waals surface area (Å²) in [6, 6.07) is 11.1. The molecule has 0 saturated carbocycles. The van der Waals surface area contributed by atoms with Gasteiger partial charge in [-0.15, -0.1) is 0 Å². The van der Waals surface area contributed by atoms with E-state index < -0.39 is 6.04 Å². The van der Waals surface area contributed by atoms with E-state index in [0.29, 0.717) is 22.9 Å². The molecule has 2 aromatic carbocycles. The summed E-state index contributed by atoms with van der Waals surface area (Å²) in [5.41, 5.74) is 3.28. The molecular weight excluding hydrogens is 349 g/mol. The molecule has 1 amide bonds. The van der Waals surface area contributed by atoms with E-state index in [1.54, 1.807) is 44.4 Å². The van der Waals surface area contributed by atoms with Crippen LogP contribution in [0.5, 0.6) is 11.5 Å². The van der Waals surface area contributed by atoms with Crippen LogP contribution in [0.25, 0.3) is 11.3 Å². The average Bonchev–Trinajstić information content (AvgIpc) is 3.21. The van der Waals surface area contributed by atoms with E-state index in [-0.39, 0.29) is 11.7 Å². The lowest BCUT2D eigenvalue weighted by atomic mass is 9.95. The molecule has 6 nitrogen and oxygen atoms in total. The molecule has 0 bridgehead atoms. The van der Waals surface area contributed by atoms with E-state index in [0.717, 1.165) is 16.7 Å². The fourth-order valence-electron chi connectivity index (χ4n) is 3.51. The lowest BCUT2D eigenvalue weighted by molar-refractivity contribution is 0.0786. The van der Waals surface area contributed by atoms with Crippen molar-refractivity contribution in [3.8, 4) is 22.8 Å². The number of fused-ring (bicyclic) bond motifs is 1. The SMILES string of the molecule is COc1ccc(OC)c([C@H]2c3c(-c4ccc(F)cc4)n[nH]c3C(=O)N2C)c1. The molecule has 27 heavy (non-hydrogen) atoms. The van der Waals surface area contributed by atoms with Crippen LogP contribution in [-0.4, -0.2) is 42.3 Å². The monoisotopic (exact) mass is 367 g/mol. The molecule has 3 aromatic rings. The van der Waals surface area contributed by atoms with E-state index in [9.17, 15) is 9.18 Å². The minimum atomic E-state index is -0.406. The van der Waals surface area contributed by atoms with Gasteiger partial charge in [-0.1, -0.05) is 0 Å². The number of hydrogen-bond donors (Lipinski definition) is 1. The lowest BCUT2D eigenvalue weighted by Gasteiger charge is -2.24. The second-order valence-corrected chi connectivity index (χ2v) is 6.29. The molecule has 0 aliphatic carbocycles. The van der Waals surface area contributed by atoms with Crippen molar-refractivity contribution in [1.82, 2.24) is 15.1 Å². The highest BCUT2D eigenvalue weighted by Gasteiger charge is 2.41. The number of hydrogen-bond acceptors (Lipinski definition) is 4. The first-order valence-electron chi connectivity index (χ1n) is 8.38. The standard InChI is InChI=1S/C20H18FN3O3/c1-24-19(14-10-13(26-2)8-9-15(14)27-3)16-17(22-23-18(16)20(24)25)11-4-6-12(21)7-5-11/h4-10,19H,1-3H3,(H,22,23)/t19-/m0/s1. The molecule has 0 fully saturated rings. The molecule has 0 spiro atoms. The van der Waals surface area contributed by atoms with Gasteiger partial charge in [-0.2, -0.15) is 5.10 Å². The number of aromatic nitrogens is 2. The summed E-state index contributed by atoms with van der Waals surface area (Å²) in [6.07, 6.45) is 0. The Morgan fingerprint density at radius 2 is 1.85 bits per heavy atom. The maximum absolute atomic E-state index is 13.3. The van der Waals surface area contributed by atoms with Gasteiger partial charge in [-0.05, 0) is 42.5 Å².